The Morgan fingerprint density at radius 3 is 1.64 bits per heavy atom. The molecule has 0 bridgehead atoms. The number of hydrogen-bond donors (Lipinski definition) is 2. The molecular formula is C36H37N7O14S. The number of nitrogens with one attached hydrogen (secondary N) is 1. The number of amides is 3. The van der Waals surface area contributed by atoms with Crippen molar-refractivity contribution in [2.24, 2.45) is 4.99 Å². The first-order valence-corrected chi connectivity index (χ1v) is 17.9. The molecule has 2 heterocycles. The van der Waals surface area contributed by atoms with Crippen molar-refractivity contribution < 1.29 is 52.9 Å². The lowest BCUT2D eigenvalue weighted by molar-refractivity contribution is -0.385. The molecule has 0 aliphatic carbocycles. The van der Waals surface area contributed by atoms with Crippen molar-refractivity contribution in [3.8, 4) is 0 Å². The van der Waals surface area contributed by atoms with Gasteiger partial charge in [0, 0.05) is 81.3 Å². The zero-order chi connectivity index (χ0) is 42.0. The number of likely N-dealkylation sites (tertiary alicyclic amines) is 1. The highest BCUT2D eigenvalue weighted by molar-refractivity contribution is 7.82. The first-order valence-electron chi connectivity index (χ1n) is 17.5. The number of rotatable bonds is 13. The molecule has 2 atom stereocenters. The predicted octanol–water partition coefficient (Wildman–Crippen LogP) is 4.74. The molecule has 2 aliphatic heterocycles. The first-order chi connectivity index (χ1) is 27.6. The van der Waals surface area contributed by atoms with E-state index in [1.807, 2.05) is 0 Å². The second-order valence-electron chi connectivity index (χ2n) is 13.3. The smallest absolute Gasteiger partial charge is 0.445 e. The summed E-state index contributed by atoms with van der Waals surface area (Å²) < 4.78 is 20.1. The van der Waals surface area contributed by atoms with E-state index in [0.717, 1.165) is 4.90 Å². The van der Waals surface area contributed by atoms with Crippen LogP contribution in [0.3, 0.4) is 0 Å². The van der Waals surface area contributed by atoms with E-state index in [9.17, 15) is 49.5 Å². The van der Waals surface area contributed by atoms with Gasteiger partial charge in [-0.2, -0.15) is 17.6 Å². The molecule has 3 amide bonds. The molecule has 1 N–H and O–H groups in total. The lowest BCUT2D eigenvalue weighted by Gasteiger charge is -2.40. The number of nitro benzene ring substituents is 3. The van der Waals surface area contributed by atoms with Crippen LogP contribution in [0.2, 0.25) is 0 Å². The summed E-state index contributed by atoms with van der Waals surface area (Å²) in [4.78, 5) is 92.6. The van der Waals surface area contributed by atoms with E-state index in [1.165, 1.54) is 84.6 Å². The van der Waals surface area contributed by atoms with E-state index in [1.54, 1.807) is 0 Å². The van der Waals surface area contributed by atoms with Gasteiger partial charge >= 0.3 is 18.3 Å². The largest absolute Gasteiger partial charge is 0.508 e. The zero-order valence-corrected chi connectivity index (χ0v) is 31.7. The molecule has 22 heteroatoms. The molecule has 0 saturated carbocycles. The molecule has 3 aromatic rings. The molecule has 2 fully saturated rings. The van der Waals surface area contributed by atoms with E-state index in [4.69, 9.17) is 31.6 Å². The SMILES string of the molecule is CC(=NC(=O)OCc1ccc([N+](=O)[O-])cc1)[C@@]1(S)CN(C(=O)OCc2ccc([N+](=O)[O-])cc2)[C@@](COC(=O)OCc2ccc([N+](=O)[O-])cc2)(C(=O)N2CCNCC2)C1. The number of nitrogens with zero attached hydrogens (tertiary/aromatic N) is 6. The van der Waals surface area contributed by atoms with Gasteiger partial charge in [-0.3, -0.25) is 40.0 Å². The normalized spacial score (nSPS) is 19.2. The molecule has 0 spiro atoms. The molecule has 0 aromatic heterocycles. The van der Waals surface area contributed by atoms with Crippen LogP contribution in [-0.2, 0) is 43.6 Å². The Morgan fingerprint density at radius 1 is 0.724 bits per heavy atom. The summed E-state index contributed by atoms with van der Waals surface area (Å²) in [5.74, 6) is -0.631. The number of non-ortho nitro benzene ring substituents is 3. The number of hydrogen-bond acceptors (Lipinski definition) is 16. The molecule has 306 valence electrons. The maximum Gasteiger partial charge on any atom is 0.508 e. The lowest BCUT2D eigenvalue weighted by atomic mass is 9.88. The third-order valence-electron chi connectivity index (χ3n) is 9.43. The van der Waals surface area contributed by atoms with Gasteiger partial charge in [0.2, 0.25) is 0 Å². The third kappa shape index (κ3) is 10.4. The molecule has 3 aromatic carbocycles. The van der Waals surface area contributed by atoms with Crippen LogP contribution in [0.25, 0.3) is 0 Å². The summed E-state index contributed by atoms with van der Waals surface area (Å²) in [7, 11) is 0. The minimum Gasteiger partial charge on any atom is -0.445 e. The molecule has 21 nitrogen and oxygen atoms in total. The van der Waals surface area contributed by atoms with E-state index < -0.39 is 55.9 Å². The van der Waals surface area contributed by atoms with Crippen molar-refractivity contribution in [1.82, 2.24) is 15.1 Å². The predicted molar refractivity (Wildman–Crippen MR) is 204 cm³/mol. The molecule has 2 aliphatic rings. The number of nitro groups is 3. The second kappa shape index (κ2) is 18.5. The van der Waals surface area contributed by atoms with Gasteiger partial charge in [0.25, 0.3) is 23.0 Å². The van der Waals surface area contributed by atoms with Crippen LogP contribution in [0.15, 0.2) is 77.8 Å². The van der Waals surface area contributed by atoms with E-state index in [0.29, 0.717) is 29.8 Å². The van der Waals surface area contributed by atoms with Gasteiger partial charge < -0.3 is 29.2 Å². The van der Waals surface area contributed by atoms with Crippen LogP contribution in [0.5, 0.6) is 0 Å². The van der Waals surface area contributed by atoms with E-state index in [-0.39, 0.29) is 68.6 Å². The standard InChI is InChI=1S/C36H37N7O14S/c1-24(38-32(45)54-18-25-2-8-28(9-3-25)41(48)49)36(58)21-35(31(44)39-16-14-37-15-17-39,23-57-34(47)56-20-27-6-12-30(13-7-27)43(52)53)40(22-36)33(46)55-19-26-4-10-29(11-5-26)42(50)51/h2-13,37,58H,14-23H2,1H3/t35-,36-/m0/s1. The average Bonchev–Trinajstić information content (AvgIpc) is 3.55. The fraction of sp³-hybridized carbons (Fsp3) is 0.361. The molecule has 58 heavy (non-hydrogen) atoms. The number of carbonyl (C=O) groups is 4. The Labute approximate surface area is 334 Å². The van der Waals surface area contributed by atoms with Crippen LogP contribution in [-0.4, -0.2) is 104 Å². The Kier molecular flexibility index (Phi) is 13.6. The molecular weight excluding hydrogens is 786 g/mol. The fourth-order valence-corrected chi connectivity index (χ4v) is 6.67. The Balaban J connectivity index is 1.41. The first kappa shape index (κ1) is 42.5. The molecule has 2 saturated heterocycles. The second-order valence-corrected chi connectivity index (χ2v) is 14.1. The van der Waals surface area contributed by atoms with Gasteiger partial charge in [-0.15, -0.1) is 0 Å². The monoisotopic (exact) mass is 823 g/mol. The van der Waals surface area contributed by atoms with Crippen molar-refractivity contribution in [2.45, 2.75) is 43.5 Å². The zero-order valence-electron chi connectivity index (χ0n) is 30.8. The van der Waals surface area contributed by atoms with Crippen molar-refractivity contribution in [2.75, 3.05) is 39.3 Å². The number of piperazine rings is 1. The quantitative estimate of drug-likeness (QED) is 0.0588. The van der Waals surface area contributed by atoms with Crippen LogP contribution in [0.1, 0.15) is 30.0 Å². The minimum atomic E-state index is -2.00. The molecule has 5 rings (SSSR count). The summed E-state index contributed by atoms with van der Waals surface area (Å²) in [6.45, 7) is 0.555. The molecule has 0 radical (unpaired) electrons. The lowest BCUT2D eigenvalue weighted by Crippen LogP contribution is -2.63. The van der Waals surface area contributed by atoms with Gasteiger partial charge in [0.1, 0.15) is 26.4 Å². The fourth-order valence-electron chi connectivity index (χ4n) is 6.22. The van der Waals surface area contributed by atoms with Gasteiger partial charge in [-0.25, -0.2) is 14.4 Å². The highest BCUT2D eigenvalue weighted by Gasteiger charge is 2.62. The van der Waals surface area contributed by atoms with Crippen molar-refractivity contribution >= 4 is 59.7 Å². The summed E-state index contributed by atoms with van der Waals surface area (Å²) >= 11 is 4.85. The minimum absolute atomic E-state index is 0.0217. The topological polar surface area (TPSA) is 265 Å². The Bertz CT molecular complexity index is 2080. The van der Waals surface area contributed by atoms with Crippen molar-refractivity contribution in [3.63, 3.8) is 0 Å². The van der Waals surface area contributed by atoms with Crippen molar-refractivity contribution in [3.05, 3.63) is 120 Å². The van der Waals surface area contributed by atoms with Gasteiger partial charge in [0.15, 0.2) is 5.54 Å². The number of ether oxygens (including phenoxy) is 4. The maximum absolute atomic E-state index is 14.6. The Morgan fingerprint density at radius 2 is 1.17 bits per heavy atom. The summed E-state index contributed by atoms with van der Waals surface area (Å²) in [5, 5.41) is 36.3. The van der Waals surface area contributed by atoms with E-state index >= 15 is 0 Å². The number of thiol groups is 1. The maximum atomic E-state index is 14.6. The van der Waals surface area contributed by atoms with Gasteiger partial charge in [-0.1, -0.05) is 0 Å². The van der Waals surface area contributed by atoms with Crippen LogP contribution < -0.4 is 5.32 Å². The number of aliphatic imine (C=N–C) groups is 1. The molecule has 0 unspecified atom stereocenters. The van der Waals surface area contributed by atoms with Crippen molar-refractivity contribution in [1.29, 1.82) is 0 Å². The summed E-state index contributed by atoms with van der Waals surface area (Å²) in [6, 6.07) is 15.8. The van der Waals surface area contributed by atoms with Crippen LogP contribution >= 0.6 is 12.6 Å². The number of carbonyl (C=O) groups excluding carboxylic acids is 4. The Hall–Kier alpha value is -6.68. The third-order valence-corrected chi connectivity index (χ3v) is 10.1. The highest BCUT2D eigenvalue weighted by atomic mass is 32.1. The summed E-state index contributed by atoms with van der Waals surface area (Å²) in [6.07, 6.45) is -3.69. The van der Waals surface area contributed by atoms with Gasteiger partial charge in [0.05, 0.1) is 19.5 Å². The summed E-state index contributed by atoms with van der Waals surface area (Å²) in [5.41, 5.74) is -1.28. The highest BCUT2D eigenvalue weighted by Crippen LogP contribution is 2.43. The van der Waals surface area contributed by atoms with Gasteiger partial charge in [-0.05, 0) is 60.0 Å². The number of benzene rings is 3. The van der Waals surface area contributed by atoms with Crippen LogP contribution in [0, 0.1) is 30.3 Å². The average molecular weight is 824 g/mol. The van der Waals surface area contributed by atoms with E-state index in [2.05, 4.69) is 10.3 Å². The van der Waals surface area contributed by atoms with Crippen LogP contribution in [0.4, 0.5) is 31.4 Å².